The van der Waals surface area contributed by atoms with Crippen molar-refractivity contribution in [1.29, 1.82) is 0 Å². The van der Waals surface area contributed by atoms with Crippen LogP contribution in [0.1, 0.15) is 21.5 Å². The van der Waals surface area contributed by atoms with Crippen molar-refractivity contribution >= 4 is 33.3 Å². The Morgan fingerprint density at radius 2 is 1.18 bits per heavy atom. The summed E-state index contributed by atoms with van der Waals surface area (Å²) in [5.74, 6) is 2.00. The van der Waals surface area contributed by atoms with Gasteiger partial charge >= 0.3 is 0 Å². The number of hydrogen-bond donors (Lipinski definition) is 3. The van der Waals surface area contributed by atoms with E-state index in [0.29, 0.717) is 22.8 Å². The van der Waals surface area contributed by atoms with Gasteiger partial charge in [0.15, 0.2) is 11.3 Å². The minimum Gasteiger partial charge on any atom is -0.497 e. The molecule has 7 heteroatoms. The average Bonchev–Trinajstić information content (AvgIpc) is 3.57. The number of benzene rings is 3. The van der Waals surface area contributed by atoms with Gasteiger partial charge in [-0.3, -0.25) is 4.79 Å². The molecule has 0 radical (unpaired) electrons. The number of hydrogen-bond acceptors (Lipinski definition) is 5. The molecule has 3 N–H and O–H groups in total. The number of nitrogens with one attached hydrogen (secondary N) is 3. The van der Waals surface area contributed by atoms with E-state index in [1.54, 1.807) is 27.4 Å². The highest BCUT2D eigenvalue weighted by Gasteiger charge is 2.51. The SMILES string of the molecule is COc1ccc2c(c1)C(=O)C(c1c[nH]c3ccc(OC)cc13)(c1c[nH]c3ccc(OC)cc13)N2. The topological polar surface area (TPSA) is 88.4 Å². The molecular weight excluding hydrogens is 430 g/mol. The van der Waals surface area contributed by atoms with Crippen molar-refractivity contribution in [2.24, 2.45) is 0 Å². The predicted octanol–water partition coefficient (Wildman–Crippen LogP) is 5.23. The van der Waals surface area contributed by atoms with Crippen molar-refractivity contribution in [2.45, 2.75) is 5.54 Å². The van der Waals surface area contributed by atoms with Gasteiger partial charge in [0.25, 0.3) is 0 Å². The Balaban J connectivity index is 1.68. The van der Waals surface area contributed by atoms with E-state index in [-0.39, 0.29) is 5.78 Å². The number of fused-ring (bicyclic) bond motifs is 3. The largest absolute Gasteiger partial charge is 0.497 e. The number of ketones is 1. The van der Waals surface area contributed by atoms with E-state index in [4.69, 9.17) is 14.2 Å². The highest BCUT2D eigenvalue weighted by atomic mass is 16.5. The van der Waals surface area contributed by atoms with Gasteiger partial charge in [-0.1, -0.05) is 0 Å². The Hall–Kier alpha value is -4.39. The molecule has 6 rings (SSSR count). The maximum Gasteiger partial charge on any atom is 0.199 e. The van der Waals surface area contributed by atoms with Crippen LogP contribution in [0.25, 0.3) is 21.8 Å². The van der Waals surface area contributed by atoms with Crippen LogP contribution < -0.4 is 19.5 Å². The van der Waals surface area contributed by atoms with Gasteiger partial charge < -0.3 is 29.5 Å². The van der Waals surface area contributed by atoms with Crippen LogP contribution in [-0.2, 0) is 5.54 Å². The van der Waals surface area contributed by atoms with Crippen molar-refractivity contribution in [3.8, 4) is 17.2 Å². The molecule has 0 bridgehead atoms. The van der Waals surface area contributed by atoms with Gasteiger partial charge in [0, 0.05) is 56.6 Å². The molecule has 1 aliphatic heterocycles. The number of carbonyl (C=O) groups excluding carboxylic acids is 1. The third kappa shape index (κ3) is 2.67. The van der Waals surface area contributed by atoms with Crippen LogP contribution in [0.4, 0.5) is 5.69 Å². The first kappa shape index (κ1) is 20.2. The van der Waals surface area contributed by atoms with Crippen LogP contribution in [0.15, 0.2) is 67.0 Å². The fourth-order valence-corrected chi connectivity index (χ4v) is 5.01. The quantitative estimate of drug-likeness (QED) is 0.339. The minimum atomic E-state index is -1.18. The zero-order valence-electron chi connectivity index (χ0n) is 19.0. The zero-order chi connectivity index (χ0) is 23.4. The van der Waals surface area contributed by atoms with Crippen LogP contribution in [0.3, 0.4) is 0 Å². The molecule has 0 saturated heterocycles. The molecule has 0 amide bonds. The third-order valence-electron chi connectivity index (χ3n) is 6.72. The number of methoxy groups -OCH3 is 3. The van der Waals surface area contributed by atoms with Gasteiger partial charge in [0.05, 0.1) is 21.3 Å². The number of carbonyl (C=O) groups is 1. The summed E-state index contributed by atoms with van der Waals surface area (Å²) in [7, 11) is 4.87. The van der Waals surface area contributed by atoms with E-state index in [2.05, 4.69) is 15.3 Å². The van der Waals surface area contributed by atoms with Crippen LogP contribution in [0.2, 0.25) is 0 Å². The molecule has 7 nitrogen and oxygen atoms in total. The Bertz CT molecular complexity index is 1500. The molecule has 0 aliphatic carbocycles. The van der Waals surface area contributed by atoms with Crippen molar-refractivity contribution in [1.82, 2.24) is 9.97 Å². The molecule has 0 atom stereocenters. The van der Waals surface area contributed by atoms with Gasteiger partial charge in [0.1, 0.15) is 17.2 Å². The van der Waals surface area contributed by atoms with Gasteiger partial charge in [0.2, 0.25) is 0 Å². The molecular formula is C27H23N3O4. The maximum atomic E-state index is 14.4. The smallest absolute Gasteiger partial charge is 0.199 e. The standard InChI is InChI=1S/C27H23N3O4/c1-32-15-4-7-23-18(10-15)21(13-28-23)27(22-14-29-24-8-5-16(33-2)11-19(22)24)26(31)20-12-17(34-3)6-9-25(20)30-27/h4-14,28-30H,1-3H3. The molecule has 170 valence electrons. The van der Waals surface area contributed by atoms with Crippen LogP contribution in [-0.4, -0.2) is 37.1 Å². The fourth-order valence-electron chi connectivity index (χ4n) is 5.01. The van der Waals surface area contributed by atoms with Crippen LogP contribution in [0.5, 0.6) is 17.2 Å². The number of H-pyrrole nitrogens is 2. The monoisotopic (exact) mass is 453 g/mol. The Kier molecular flexibility index (Phi) is 4.35. The summed E-state index contributed by atoms with van der Waals surface area (Å²) < 4.78 is 16.4. The number of Topliss-reactive ketones (excluding diaryl/α,β-unsaturated/α-hetero) is 1. The lowest BCUT2D eigenvalue weighted by Gasteiger charge is -2.29. The van der Waals surface area contributed by atoms with Crippen molar-refractivity contribution < 1.29 is 19.0 Å². The molecule has 0 fully saturated rings. The summed E-state index contributed by atoms with van der Waals surface area (Å²) >= 11 is 0. The summed E-state index contributed by atoms with van der Waals surface area (Å²) in [6, 6.07) is 17.2. The molecule has 0 spiro atoms. The van der Waals surface area contributed by atoms with E-state index < -0.39 is 5.54 Å². The predicted molar refractivity (Wildman–Crippen MR) is 131 cm³/mol. The van der Waals surface area contributed by atoms with Gasteiger partial charge in [-0.25, -0.2) is 0 Å². The minimum absolute atomic E-state index is 0.0613. The van der Waals surface area contributed by atoms with Crippen molar-refractivity contribution in [2.75, 3.05) is 26.6 Å². The van der Waals surface area contributed by atoms with Crippen molar-refractivity contribution in [3.63, 3.8) is 0 Å². The van der Waals surface area contributed by atoms with E-state index in [1.807, 2.05) is 60.9 Å². The molecule has 34 heavy (non-hydrogen) atoms. The lowest BCUT2D eigenvalue weighted by Crippen LogP contribution is -2.39. The first-order valence-corrected chi connectivity index (χ1v) is 10.9. The average molecular weight is 453 g/mol. The lowest BCUT2D eigenvalue weighted by atomic mass is 9.79. The number of rotatable bonds is 5. The van der Waals surface area contributed by atoms with E-state index >= 15 is 0 Å². The molecule has 0 unspecified atom stereocenters. The fraction of sp³-hybridized carbons (Fsp3) is 0.148. The van der Waals surface area contributed by atoms with Gasteiger partial charge in [-0.2, -0.15) is 0 Å². The number of aromatic nitrogens is 2. The van der Waals surface area contributed by atoms with Gasteiger partial charge in [-0.15, -0.1) is 0 Å². The number of aromatic amines is 2. The Morgan fingerprint density at radius 3 is 1.71 bits per heavy atom. The Morgan fingerprint density at radius 1 is 0.676 bits per heavy atom. The molecule has 1 aliphatic rings. The summed E-state index contributed by atoms with van der Waals surface area (Å²) in [5.41, 5.74) is 3.60. The highest BCUT2D eigenvalue weighted by Crippen LogP contribution is 2.49. The van der Waals surface area contributed by atoms with E-state index in [0.717, 1.165) is 38.6 Å². The lowest BCUT2D eigenvalue weighted by molar-refractivity contribution is 0.0942. The van der Waals surface area contributed by atoms with Crippen LogP contribution in [0, 0.1) is 0 Å². The first-order chi connectivity index (χ1) is 16.6. The molecule has 3 aromatic carbocycles. The first-order valence-electron chi connectivity index (χ1n) is 10.9. The zero-order valence-corrected chi connectivity index (χ0v) is 19.0. The molecule has 2 aromatic heterocycles. The normalized spacial score (nSPS) is 14.3. The maximum absolute atomic E-state index is 14.4. The molecule has 3 heterocycles. The van der Waals surface area contributed by atoms with Gasteiger partial charge in [-0.05, 0) is 54.6 Å². The third-order valence-corrected chi connectivity index (χ3v) is 6.72. The highest BCUT2D eigenvalue weighted by molar-refractivity contribution is 6.19. The number of anilines is 1. The molecule has 0 saturated carbocycles. The Labute approximate surface area is 195 Å². The summed E-state index contributed by atoms with van der Waals surface area (Å²) in [6.07, 6.45) is 3.80. The number of ether oxygens (including phenoxy) is 3. The summed E-state index contributed by atoms with van der Waals surface area (Å²) in [4.78, 5) is 21.0. The summed E-state index contributed by atoms with van der Waals surface area (Å²) in [5, 5.41) is 5.39. The van der Waals surface area contributed by atoms with E-state index in [1.165, 1.54) is 0 Å². The second kappa shape index (κ2) is 7.31. The second-order valence-electron chi connectivity index (χ2n) is 8.34. The second-order valence-corrected chi connectivity index (χ2v) is 8.34. The van der Waals surface area contributed by atoms with Crippen molar-refractivity contribution in [3.05, 3.63) is 83.7 Å². The van der Waals surface area contributed by atoms with Crippen LogP contribution >= 0.6 is 0 Å². The summed E-state index contributed by atoms with van der Waals surface area (Å²) in [6.45, 7) is 0. The van der Waals surface area contributed by atoms with E-state index in [9.17, 15) is 4.79 Å². The molecule has 5 aromatic rings.